The van der Waals surface area contributed by atoms with E-state index in [0.29, 0.717) is 0 Å². The zero-order valence-corrected chi connectivity index (χ0v) is 16.3. The van der Waals surface area contributed by atoms with Crippen molar-refractivity contribution in [3.63, 3.8) is 0 Å². The molecule has 1 unspecified atom stereocenters. The first-order chi connectivity index (χ1) is 10.0. The van der Waals surface area contributed by atoms with Gasteiger partial charge < -0.3 is 9.64 Å². The van der Waals surface area contributed by atoms with E-state index >= 15 is 0 Å². The first-order valence-electron chi connectivity index (χ1n) is 7.23. The molecule has 0 spiro atoms. The molecule has 0 radical (unpaired) electrons. The zero-order valence-electron chi connectivity index (χ0n) is 13.1. The van der Waals surface area contributed by atoms with Gasteiger partial charge in [0.25, 0.3) is 0 Å². The standard InChI is InChI=1S/C17H20BrNOS.ClH/c1-11-8-14(9-12(2)16(11)18)20-15-4-6-19(3)10-13-5-7-21-17(13)15;/h5,7-9,15H,4,6,10H2,1-3H3;1H. The van der Waals surface area contributed by atoms with E-state index in [-0.39, 0.29) is 18.5 Å². The molecule has 0 fully saturated rings. The molecular formula is C17H21BrClNOS. The van der Waals surface area contributed by atoms with Crippen molar-refractivity contribution >= 4 is 39.7 Å². The molecular weight excluding hydrogens is 382 g/mol. The Morgan fingerprint density at radius 1 is 1.27 bits per heavy atom. The monoisotopic (exact) mass is 401 g/mol. The van der Waals surface area contributed by atoms with Crippen LogP contribution < -0.4 is 4.74 Å². The van der Waals surface area contributed by atoms with Crippen molar-refractivity contribution in [1.82, 2.24) is 4.90 Å². The third kappa shape index (κ3) is 3.67. The summed E-state index contributed by atoms with van der Waals surface area (Å²) in [5, 5.41) is 2.18. The molecule has 5 heteroatoms. The first kappa shape index (κ1) is 17.8. The summed E-state index contributed by atoms with van der Waals surface area (Å²) >= 11 is 5.44. The Kier molecular flexibility index (Phi) is 5.94. The maximum absolute atomic E-state index is 6.35. The van der Waals surface area contributed by atoms with Crippen LogP contribution in [0, 0.1) is 13.8 Å². The van der Waals surface area contributed by atoms with E-state index in [9.17, 15) is 0 Å². The van der Waals surface area contributed by atoms with Gasteiger partial charge in [0.05, 0.1) is 0 Å². The van der Waals surface area contributed by atoms with Crippen LogP contribution in [0.1, 0.15) is 34.1 Å². The minimum absolute atomic E-state index is 0. The Hall–Kier alpha value is -0.550. The molecule has 2 nitrogen and oxygen atoms in total. The van der Waals surface area contributed by atoms with Crippen molar-refractivity contribution in [2.45, 2.75) is 32.9 Å². The Morgan fingerprint density at radius 2 is 1.95 bits per heavy atom. The third-order valence-electron chi connectivity index (χ3n) is 3.97. The summed E-state index contributed by atoms with van der Waals surface area (Å²) in [6.45, 7) is 6.32. The van der Waals surface area contributed by atoms with E-state index in [4.69, 9.17) is 4.74 Å². The highest BCUT2D eigenvalue weighted by atomic mass is 79.9. The molecule has 0 bridgehead atoms. The van der Waals surface area contributed by atoms with Crippen LogP contribution in [0.3, 0.4) is 0 Å². The summed E-state index contributed by atoms with van der Waals surface area (Å²) in [6.07, 6.45) is 1.21. The number of aryl methyl sites for hydroxylation is 2. The average molecular weight is 403 g/mol. The molecule has 1 atom stereocenters. The highest BCUT2D eigenvalue weighted by Gasteiger charge is 2.23. The molecule has 2 aromatic rings. The minimum atomic E-state index is 0. The highest BCUT2D eigenvalue weighted by Crippen LogP contribution is 2.36. The Balaban J connectivity index is 0.00000176. The van der Waals surface area contributed by atoms with Gasteiger partial charge in [0, 0.05) is 28.9 Å². The van der Waals surface area contributed by atoms with Gasteiger partial charge in [-0.05, 0) is 61.2 Å². The van der Waals surface area contributed by atoms with Crippen molar-refractivity contribution in [3.8, 4) is 5.75 Å². The fourth-order valence-corrected chi connectivity index (χ4v) is 4.06. The summed E-state index contributed by atoms with van der Waals surface area (Å²) in [4.78, 5) is 3.75. The number of rotatable bonds is 2. The molecule has 120 valence electrons. The number of benzene rings is 1. The van der Waals surface area contributed by atoms with E-state index in [1.807, 2.05) is 11.3 Å². The fourth-order valence-electron chi connectivity index (χ4n) is 2.85. The zero-order chi connectivity index (χ0) is 15.0. The minimum Gasteiger partial charge on any atom is -0.485 e. The van der Waals surface area contributed by atoms with Gasteiger partial charge in [0.15, 0.2) is 0 Å². The summed E-state index contributed by atoms with van der Waals surface area (Å²) in [5.41, 5.74) is 3.86. The van der Waals surface area contributed by atoms with E-state index in [1.54, 1.807) is 0 Å². The Morgan fingerprint density at radius 3 is 2.64 bits per heavy atom. The lowest BCUT2D eigenvalue weighted by Gasteiger charge is -2.19. The number of nitrogens with zero attached hydrogens (tertiary/aromatic N) is 1. The lowest BCUT2D eigenvalue weighted by atomic mass is 10.1. The van der Waals surface area contributed by atoms with E-state index in [1.165, 1.54) is 26.0 Å². The SMILES string of the molecule is Cc1cc(OC2CCN(C)Cc3ccsc32)cc(C)c1Br.Cl. The maximum atomic E-state index is 6.35. The van der Waals surface area contributed by atoms with E-state index < -0.39 is 0 Å². The van der Waals surface area contributed by atoms with Crippen LogP contribution in [-0.4, -0.2) is 18.5 Å². The van der Waals surface area contributed by atoms with Crippen LogP contribution in [0.15, 0.2) is 28.1 Å². The van der Waals surface area contributed by atoms with Crippen molar-refractivity contribution in [2.75, 3.05) is 13.6 Å². The molecule has 0 aliphatic carbocycles. The van der Waals surface area contributed by atoms with Gasteiger partial charge in [-0.15, -0.1) is 23.7 Å². The summed E-state index contributed by atoms with van der Waals surface area (Å²) in [6, 6.07) is 6.48. The molecule has 1 aromatic carbocycles. The Bertz CT molecular complexity index is 635. The maximum Gasteiger partial charge on any atom is 0.134 e. The predicted octanol–water partition coefficient (Wildman–Crippen LogP) is 5.50. The van der Waals surface area contributed by atoms with Crippen LogP contribution in [-0.2, 0) is 6.54 Å². The number of fused-ring (bicyclic) bond motifs is 1. The molecule has 0 amide bonds. The molecule has 0 saturated carbocycles. The van der Waals surface area contributed by atoms with Crippen LogP contribution >= 0.6 is 39.7 Å². The van der Waals surface area contributed by atoms with Crippen molar-refractivity contribution in [1.29, 1.82) is 0 Å². The van der Waals surface area contributed by atoms with Gasteiger partial charge >= 0.3 is 0 Å². The third-order valence-corrected chi connectivity index (χ3v) is 6.28. The summed E-state index contributed by atoms with van der Waals surface area (Å²) < 4.78 is 7.52. The smallest absolute Gasteiger partial charge is 0.134 e. The quantitative estimate of drug-likeness (QED) is 0.657. The van der Waals surface area contributed by atoms with Crippen molar-refractivity contribution in [2.24, 2.45) is 0 Å². The summed E-state index contributed by atoms with van der Waals surface area (Å²) in [5.74, 6) is 0.974. The molecule has 0 N–H and O–H groups in total. The number of halogens is 2. The molecule has 1 aliphatic rings. The lowest BCUT2D eigenvalue weighted by Crippen LogP contribution is -2.18. The average Bonchev–Trinajstić information content (AvgIpc) is 2.83. The number of ether oxygens (including phenoxy) is 1. The summed E-state index contributed by atoms with van der Waals surface area (Å²) in [7, 11) is 2.18. The van der Waals surface area contributed by atoms with Crippen molar-refractivity contribution < 1.29 is 4.74 Å². The molecule has 22 heavy (non-hydrogen) atoms. The number of hydrogen-bond acceptors (Lipinski definition) is 3. The van der Waals surface area contributed by atoms with Crippen LogP contribution in [0.2, 0.25) is 0 Å². The van der Waals surface area contributed by atoms with Crippen molar-refractivity contribution in [3.05, 3.63) is 49.6 Å². The fraction of sp³-hybridized carbons (Fsp3) is 0.412. The number of thiophene rings is 1. The predicted molar refractivity (Wildman–Crippen MR) is 99.5 cm³/mol. The molecule has 1 aromatic heterocycles. The lowest BCUT2D eigenvalue weighted by molar-refractivity contribution is 0.185. The topological polar surface area (TPSA) is 12.5 Å². The second-order valence-electron chi connectivity index (χ2n) is 5.81. The second kappa shape index (κ2) is 7.35. The van der Waals surface area contributed by atoms with Gasteiger partial charge in [-0.1, -0.05) is 15.9 Å². The van der Waals surface area contributed by atoms with Gasteiger partial charge in [-0.2, -0.15) is 0 Å². The van der Waals surface area contributed by atoms with E-state index in [0.717, 1.165) is 25.3 Å². The van der Waals surface area contributed by atoms with Gasteiger partial charge in [0.2, 0.25) is 0 Å². The highest BCUT2D eigenvalue weighted by molar-refractivity contribution is 9.10. The normalized spacial score (nSPS) is 18.3. The molecule has 0 saturated heterocycles. The molecule has 1 aliphatic heterocycles. The van der Waals surface area contributed by atoms with Gasteiger partial charge in [-0.3, -0.25) is 0 Å². The Labute approximate surface area is 151 Å². The molecule has 3 rings (SSSR count). The number of hydrogen-bond donors (Lipinski definition) is 0. The van der Waals surface area contributed by atoms with E-state index in [2.05, 4.69) is 65.3 Å². The van der Waals surface area contributed by atoms with Gasteiger partial charge in [0.1, 0.15) is 11.9 Å². The largest absolute Gasteiger partial charge is 0.485 e. The second-order valence-corrected chi connectivity index (χ2v) is 7.55. The van der Waals surface area contributed by atoms with Crippen LogP contribution in [0.25, 0.3) is 0 Å². The molecule has 2 heterocycles. The first-order valence-corrected chi connectivity index (χ1v) is 8.90. The van der Waals surface area contributed by atoms with Crippen LogP contribution in [0.5, 0.6) is 5.75 Å². The van der Waals surface area contributed by atoms with Crippen LogP contribution in [0.4, 0.5) is 0 Å². The van der Waals surface area contributed by atoms with Gasteiger partial charge in [-0.25, -0.2) is 0 Å².